The fraction of sp³-hybridized carbons (Fsp3) is 0.150. The zero-order valence-electron chi connectivity index (χ0n) is 14.6. The van der Waals surface area contributed by atoms with Crippen molar-refractivity contribution in [1.29, 1.82) is 0 Å². The number of pyridine rings is 1. The van der Waals surface area contributed by atoms with Crippen LogP contribution in [0.15, 0.2) is 54.2 Å². The Bertz CT molecular complexity index is 1100. The summed E-state index contributed by atoms with van der Waals surface area (Å²) in [6, 6.07) is 11.0. The van der Waals surface area contributed by atoms with Crippen molar-refractivity contribution in [1.82, 2.24) is 14.5 Å². The summed E-state index contributed by atoms with van der Waals surface area (Å²) in [5, 5.41) is 7.40. The molecule has 0 unspecified atom stereocenters. The number of halogens is 1. The number of nitrogens with zero attached hydrogens (tertiary/aromatic N) is 3. The molecule has 136 valence electrons. The Morgan fingerprint density at radius 2 is 2.07 bits per heavy atom. The molecule has 0 aliphatic heterocycles. The van der Waals surface area contributed by atoms with E-state index < -0.39 is 0 Å². The van der Waals surface area contributed by atoms with Gasteiger partial charge < -0.3 is 9.88 Å². The van der Waals surface area contributed by atoms with Crippen molar-refractivity contribution in [2.45, 2.75) is 19.9 Å². The Morgan fingerprint density at radius 1 is 1.26 bits per heavy atom. The molecule has 3 heterocycles. The number of aromatic nitrogens is 3. The van der Waals surface area contributed by atoms with Crippen LogP contribution in [0.1, 0.15) is 12.6 Å². The monoisotopic (exact) mass is 396 g/mol. The van der Waals surface area contributed by atoms with Gasteiger partial charge in [0, 0.05) is 46.0 Å². The number of nitrogens with one attached hydrogen (secondary N) is 1. The summed E-state index contributed by atoms with van der Waals surface area (Å²) in [7, 11) is 0. The third-order valence-corrected chi connectivity index (χ3v) is 5.40. The molecule has 7 heteroatoms. The first kappa shape index (κ1) is 17.7. The topological polar surface area (TPSA) is 59.8 Å². The van der Waals surface area contributed by atoms with Gasteiger partial charge in [-0.25, -0.2) is 9.97 Å². The molecule has 0 bridgehead atoms. The number of carbonyl (C=O) groups excluding carboxylic acids is 1. The van der Waals surface area contributed by atoms with E-state index in [9.17, 15) is 4.79 Å². The molecular weight excluding hydrogens is 380 g/mol. The number of thiazole rings is 1. The number of anilines is 1. The number of fused-ring (bicyclic) bond motifs is 1. The van der Waals surface area contributed by atoms with Crippen LogP contribution in [0.2, 0.25) is 5.02 Å². The number of rotatable bonds is 5. The smallest absolute Gasteiger partial charge is 0.230 e. The van der Waals surface area contributed by atoms with E-state index in [2.05, 4.69) is 39.0 Å². The van der Waals surface area contributed by atoms with Crippen molar-refractivity contribution in [2.24, 2.45) is 0 Å². The second-order valence-electron chi connectivity index (χ2n) is 6.08. The zero-order chi connectivity index (χ0) is 18.8. The number of aryl methyl sites for hydroxylation is 1. The number of amides is 1. The number of carbonyl (C=O) groups is 1. The summed E-state index contributed by atoms with van der Waals surface area (Å²) in [6.45, 7) is 2.93. The summed E-state index contributed by atoms with van der Waals surface area (Å²) in [6.07, 6.45) is 4.10. The van der Waals surface area contributed by atoms with Crippen LogP contribution in [0, 0.1) is 0 Å². The molecule has 0 fully saturated rings. The molecule has 0 aliphatic carbocycles. The molecule has 4 rings (SSSR count). The van der Waals surface area contributed by atoms with E-state index in [4.69, 9.17) is 11.6 Å². The average Bonchev–Trinajstić information content (AvgIpc) is 3.27. The van der Waals surface area contributed by atoms with Crippen LogP contribution in [-0.2, 0) is 17.8 Å². The van der Waals surface area contributed by atoms with Gasteiger partial charge in [-0.15, -0.1) is 11.3 Å². The largest absolute Gasteiger partial charge is 0.332 e. The van der Waals surface area contributed by atoms with Gasteiger partial charge in [0.05, 0.1) is 12.1 Å². The van der Waals surface area contributed by atoms with Crippen molar-refractivity contribution in [3.63, 3.8) is 0 Å². The molecule has 0 aliphatic rings. The standard InChI is InChI=1S/C20H17ClN4OS/c1-2-25-11-17(16-4-3-9-22-19(16)25)20-24-15(12-27-20)10-18(26)23-14-7-5-13(21)6-8-14/h3-9,11-12H,2,10H2,1H3,(H,23,26). The summed E-state index contributed by atoms with van der Waals surface area (Å²) in [5.74, 6) is -0.105. The van der Waals surface area contributed by atoms with E-state index in [0.717, 1.165) is 39.5 Å². The average molecular weight is 397 g/mol. The summed E-state index contributed by atoms with van der Waals surface area (Å²) < 4.78 is 2.11. The molecule has 0 saturated heterocycles. The van der Waals surface area contributed by atoms with Crippen molar-refractivity contribution < 1.29 is 4.79 Å². The first-order valence-corrected chi connectivity index (χ1v) is 9.84. The summed E-state index contributed by atoms with van der Waals surface area (Å²) >= 11 is 7.41. The van der Waals surface area contributed by atoms with Gasteiger partial charge in [-0.3, -0.25) is 4.79 Å². The predicted molar refractivity (Wildman–Crippen MR) is 110 cm³/mol. The normalized spacial score (nSPS) is 11.0. The van der Waals surface area contributed by atoms with Crippen molar-refractivity contribution in [2.75, 3.05) is 5.32 Å². The first-order valence-electron chi connectivity index (χ1n) is 8.58. The van der Waals surface area contributed by atoms with Gasteiger partial charge in [-0.2, -0.15) is 0 Å². The maximum absolute atomic E-state index is 12.3. The van der Waals surface area contributed by atoms with E-state index in [1.54, 1.807) is 41.8 Å². The lowest BCUT2D eigenvalue weighted by molar-refractivity contribution is -0.115. The Kier molecular flexibility index (Phi) is 4.92. The quantitative estimate of drug-likeness (QED) is 0.515. The number of benzene rings is 1. The number of hydrogen-bond acceptors (Lipinski definition) is 4. The molecule has 1 aromatic carbocycles. The third-order valence-electron chi connectivity index (χ3n) is 4.23. The van der Waals surface area contributed by atoms with Crippen LogP contribution >= 0.6 is 22.9 Å². The lowest BCUT2D eigenvalue weighted by atomic mass is 10.2. The van der Waals surface area contributed by atoms with E-state index in [0.29, 0.717) is 5.02 Å². The van der Waals surface area contributed by atoms with E-state index >= 15 is 0 Å². The second kappa shape index (κ2) is 7.50. The number of hydrogen-bond donors (Lipinski definition) is 1. The van der Waals surface area contributed by atoms with Crippen molar-refractivity contribution in [3.05, 3.63) is 64.9 Å². The SMILES string of the molecule is CCn1cc(-c2nc(CC(=O)Nc3ccc(Cl)cc3)cs2)c2cccnc21. The van der Waals surface area contributed by atoms with Crippen LogP contribution in [-0.4, -0.2) is 20.4 Å². The van der Waals surface area contributed by atoms with Gasteiger partial charge in [0.1, 0.15) is 10.7 Å². The summed E-state index contributed by atoms with van der Waals surface area (Å²) in [5.41, 5.74) is 3.47. The minimum absolute atomic E-state index is 0.105. The molecule has 0 radical (unpaired) electrons. The Labute approximate surface area is 165 Å². The zero-order valence-corrected chi connectivity index (χ0v) is 16.2. The van der Waals surface area contributed by atoms with E-state index in [1.165, 1.54) is 0 Å². The van der Waals surface area contributed by atoms with E-state index in [1.807, 2.05) is 11.4 Å². The Morgan fingerprint density at radius 3 is 2.85 bits per heavy atom. The minimum Gasteiger partial charge on any atom is -0.332 e. The highest BCUT2D eigenvalue weighted by Crippen LogP contribution is 2.32. The van der Waals surface area contributed by atoms with Crippen LogP contribution in [0.3, 0.4) is 0 Å². The first-order chi connectivity index (χ1) is 13.1. The highest BCUT2D eigenvalue weighted by molar-refractivity contribution is 7.13. The molecule has 0 atom stereocenters. The van der Waals surface area contributed by atoms with Gasteiger partial charge in [0.25, 0.3) is 0 Å². The highest BCUT2D eigenvalue weighted by atomic mass is 35.5. The van der Waals surface area contributed by atoms with Crippen molar-refractivity contribution >= 4 is 45.6 Å². The lowest BCUT2D eigenvalue weighted by Gasteiger charge is -2.03. The molecule has 0 saturated carbocycles. The van der Waals surface area contributed by atoms with Gasteiger partial charge >= 0.3 is 0 Å². The van der Waals surface area contributed by atoms with Gasteiger partial charge in [0.15, 0.2) is 0 Å². The fourth-order valence-electron chi connectivity index (χ4n) is 2.95. The Balaban J connectivity index is 1.54. The van der Waals surface area contributed by atoms with Crippen molar-refractivity contribution in [3.8, 4) is 10.6 Å². The summed E-state index contributed by atoms with van der Waals surface area (Å²) in [4.78, 5) is 21.4. The molecule has 1 N–H and O–H groups in total. The Hall–Kier alpha value is -2.70. The second-order valence-corrected chi connectivity index (χ2v) is 7.37. The molecule has 1 amide bonds. The third kappa shape index (κ3) is 3.72. The highest BCUT2D eigenvalue weighted by Gasteiger charge is 2.15. The minimum atomic E-state index is -0.105. The van der Waals surface area contributed by atoms with Crippen LogP contribution in [0.4, 0.5) is 5.69 Å². The predicted octanol–water partition coefficient (Wildman–Crippen LogP) is 5.01. The molecule has 27 heavy (non-hydrogen) atoms. The van der Waals surface area contributed by atoms with Crippen LogP contribution in [0.5, 0.6) is 0 Å². The van der Waals surface area contributed by atoms with Gasteiger partial charge in [-0.05, 0) is 43.3 Å². The molecular formula is C20H17ClN4OS. The molecule has 0 spiro atoms. The maximum atomic E-state index is 12.3. The van der Waals surface area contributed by atoms with Gasteiger partial charge in [0.2, 0.25) is 5.91 Å². The maximum Gasteiger partial charge on any atom is 0.230 e. The molecule has 3 aromatic heterocycles. The fourth-order valence-corrected chi connectivity index (χ4v) is 3.92. The van der Waals surface area contributed by atoms with Crippen LogP contribution < -0.4 is 5.32 Å². The lowest BCUT2D eigenvalue weighted by Crippen LogP contribution is -2.14. The van der Waals surface area contributed by atoms with E-state index in [-0.39, 0.29) is 12.3 Å². The molecule has 5 nitrogen and oxygen atoms in total. The van der Waals surface area contributed by atoms with Crippen LogP contribution in [0.25, 0.3) is 21.6 Å². The van der Waals surface area contributed by atoms with Gasteiger partial charge in [-0.1, -0.05) is 11.6 Å². The molecule has 4 aromatic rings.